The molecular formula is C36H53NO4. The van der Waals surface area contributed by atoms with E-state index in [1.54, 1.807) is 5.57 Å². The maximum atomic E-state index is 11.4. The Morgan fingerprint density at radius 2 is 1.88 bits per heavy atom. The Morgan fingerprint density at radius 1 is 1.02 bits per heavy atom. The molecule has 5 aliphatic carbocycles. The van der Waals surface area contributed by atoms with Gasteiger partial charge < -0.3 is 24.6 Å². The van der Waals surface area contributed by atoms with Gasteiger partial charge in [0.25, 0.3) is 0 Å². The number of fused-ring (bicyclic) bond motifs is 5. The van der Waals surface area contributed by atoms with Crippen molar-refractivity contribution in [2.75, 3.05) is 19.8 Å². The molecule has 0 amide bonds. The number of rotatable bonds is 9. The molecule has 6 aliphatic rings. The number of hydrogen-bond acceptors (Lipinski definition) is 5. The predicted molar refractivity (Wildman–Crippen MR) is 162 cm³/mol. The molecule has 7 atom stereocenters. The minimum absolute atomic E-state index is 0.0240. The number of hydrogen-bond donors (Lipinski definition) is 2. The maximum absolute atomic E-state index is 11.4. The maximum Gasteiger partial charge on any atom is 0.172 e. The Hall–Kier alpha value is -1.40. The second kappa shape index (κ2) is 11.9. The lowest BCUT2D eigenvalue weighted by molar-refractivity contribution is -0.177. The SMILES string of the molecule is CCC(Cc1cccc(OCC[C@]23CCC4C5CCC6(CC5=CCC4C2CC[C@@H]3O)OCCO6)c1)NC1CCCC1. The molecule has 1 aliphatic heterocycles. The molecule has 5 fully saturated rings. The van der Waals surface area contributed by atoms with Crippen molar-refractivity contribution in [2.24, 2.45) is 29.1 Å². The van der Waals surface area contributed by atoms with Crippen molar-refractivity contribution in [3.8, 4) is 5.75 Å². The Bertz CT molecular complexity index is 1080. The summed E-state index contributed by atoms with van der Waals surface area (Å²) in [4.78, 5) is 0. The molecule has 2 N–H and O–H groups in total. The van der Waals surface area contributed by atoms with Crippen LogP contribution in [0, 0.1) is 29.1 Å². The lowest BCUT2D eigenvalue weighted by atomic mass is 9.51. The number of benzene rings is 1. The molecule has 4 saturated carbocycles. The Balaban J connectivity index is 0.979. The van der Waals surface area contributed by atoms with E-state index >= 15 is 0 Å². The molecule has 0 radical (unpaired) electrons. The first kappa shape index (κ1) is 28.4. The second-order valence-electron chi connectivity index (χ2n) is 14.4. The molecule has 5 heteroatoms. The van der Waals surface area contributed by atoms with Crippen molar-refractivity contribution in [3.05, 3.63) is 41.5 Å². The van der Waals surface area contributed by atoms with Gasteiger partial charge >= 0.3 is 0 Å². The third kappa shape index (κ3) is 5.54. The van der Waals surface area contributed by atoms with Gasteiger partial charge in [-0.25, -0.2) is 0 Å². The highest BCUT2D eigenvalue weighted by Gasteiger charge is 2.58. The summed E-state index contributed by atoms with van der Waals surface area (Å²) in [5.41, 5.74) is 3.00. The van der Waals surface area contributed by atoms with Gasteiger partial charge in [0.05, 0.1) is 25.9 Å². The summed E-state index contributed by atoms with van der Waals surface area (Å²) >= 11 is 0. The van der Waals surface area contributed by atoms with E-state index in [-0.39, 0.29) is 17.3 Å². The van der Waals surface area contributed by atoms with Gasteiger partial charge in [-0.1, -0.05) is 43.5 Å². The van der Waals surface area contributed by atoms with E-state index in [4.69, 9.17) is 14.2 Å². The molecule has 226 valence electrons. The van der Waals surface area contributed by atoms with E-state index in [0.717, 1.165) is 69.8 Å². The average molecular weight is 564 g/mol. The Morgan fingerprint density at radius 3 is 2.71 bits per heavy atom. The van der Waals surface area contributed by atoms with Gasteiger partial charge in [0.1, 0.15) is 5.75 Å². The van der Waals surface area contributed by atoms with E-state index in [1.165, 1.54) is 56.9 Å². The zero-order valence-corrected chi connectivity index (χ0v) is 25.3. The topological polar surface area (TPSA) is 60.0 Å². The van der Waals surface area contributed by atoms with Crippen LogP contribution in [-0.4, -0.2) is 48.9 Å². The van der Waals surface area contributed by atoms with Crippen molar-refractivity contribution >= 4 is 0 Å². The summed E-state index contributed by atoms with van der Waals surface area (Å²) in [6.45, 7) is 4.50. The number of aliphatic hydroxyl groups excluding tert-OH is 1. The molecule has 5 unspecified atom stereocenters. The molecule has 7 rings (SSSR count). The van der Waals surface area contributed by atoms with Gasteiger partial charge in [0.15, 0.2) is 5.79 Å². The van der Waals surface area contributed by atoms with Crippen LogP contribution in [0.15, 0.2) is 35.9 Å². The zero-order valence-electron chi connectivity index (χ0n) is 25.3. The first-order valence-corrected chi connectivity index (χ1v) is 17.2. The van der Waals surface area contributed by atoms with Crippen LogP contribution in [0.5, 0.6) is 5.75 Å². The summed E-state index contributed by atoms with van der Waals surface area (Å²) in [5.74, 6) is 3.44. The van der Waals surface area contributed by atoms with Gasteiger partial charge in [-0.2, -0.15) is 0 Å². The zero-order chi connectivity index (χ0) is 27.9. The van der Waals surface area contributed by atoms with Crippen LogP contribution >= 0.6 is 0 Å². The Labute approximate surface area is 247 Å². The van der Waals surface area contributed by atoms with Gasteiger partial charge in [0.2, 0.25) is 0 Å². The molecule has 1 saturated heterocycles. The normalized spacial score (nSPS) is 36.9. The minimum Gasteiger partial charge on any atom is -0.494 e. The number of ether oxygens (including phenoxy) is 3. The van der Waals surface area contributed by atoms with Crippen molar-refractivity contribution in [1.82, 2.24) is 5.32 Å². The third-order valence-electron chi connectivity index (χ3n) is 12.5. The molecule has 0 bridgehead atoms. The van der Waals surface area contributed by atoms with E-state index in [2.05, 4.69) is 42.6 Å². The van der Waals surface area contributed by atoms with Gasteiger partial charge in [-0.3, -0.25) is 0 Å². The van der Waals surface area contributed by atoms with Gasteiger partial charge in [-0.05, 0) is 112 Å². The van der Waals surface area contributed by atoms with E-state index < -0.39 is 0 Å². The molecular weight excluding hydrogens is 510 g/mol. The first-order chi connectivity index (χ1) is 20.1. The highest BCUT2D eigenvalue weighted by molar-refractivity contribution is 5.29. The quantitative estimate of drug-likeness (QED) is 0.318. The monoisotopic (exact) mass is 563 g/mol. The first-order valence-electron chi connectivity index (χ1n) is 17.2. The molecule has 1 aromatic rings. The van der Waals surface area contributed by atoms with E-state index in [0.29, 0.717) is 36.4 Å². The number of allylic oxidation sites excluding steroid dienone is 1. The summed E-state index contributed by atoms with van der Waals surface area (Å²) in [6, 6.07) is 10.0. The predicted octanol–water partition coefficient (Wildman–Crippen LogP) is 6.97. The molecule has 1 spiro atoms. The van der Waals surface area contributed by atoms with Crippen LogP contribution in [0.1, 0.15) is 102 Å². The molecule has 41 heavy (non-hydrogen) atoms. The van der Waals surface area contributed by atoms with E-state index in [9.17, 15) is 5.11 Å². The lowest BCUT2D eigenvalue weighted by Crippen LogP contribution is -2.50. The highest BCUT2D eigenvalue weighted by Crippen LogP contribution is 2.63. The largest absolute Gasteiger partial charge is 0.494 e. The number of nitrogens with one attached hydrogen (secondary N) is 1. The van der Waals surface area contributed by atoms with Crippen LogP contribution in [0.3, 0.4) is 0 Å². The molecule has 5 nitrogen and oxygen atoms in total. The summed E-state index contributed by atoms with van der Waals surface area (Å²) < 4.78 is 18.6. The Kier molecular flexibility index (Phi) is 8.26. The van der Waals surface area contributed by atoms with Crippen LogP contribution in [-0.2, 0) is 15.9 Å². The van der Waals surface area contributed by atoms with Crippen LogP contribution in [0.25, 0.3) is 0 Å². The fraction of sp³-hybridized carbons (Fsp3) is 0.778. The summed E-state index contributed by atoms with van der Waals surface area (Å²) in [7, 11) is 0. The number of aliphatic hydroxyl groups is 1. The van der Waals surface area contributed by atoms with Crippen molar-refractivity contribution < 1.29 is 19.3 Å². The van der Waals surface area contributed by atoms with Gasteiger partial charge in [0, 0.05) is 30.3 Å². The van der Waals surface area contributed by atoms with Crippen LogP contribution in [0.4, 0.5) is 0 Å². The second-order valence-corrected chi connectivity index (χ2v) is 14.4. The fourth-order valence-electron chi connectivity index (χ4n) is 10.4. The van der Waals surface area contributed by atoms with Crippen LogP contribution < -0.4 is 10.1 Å². The summed E-state index contributed by atoms with van der Waals surface area (Å²) in [6.07, 6.45) is 19.9. The fourth-order valence-corrected chi connectivity index (χ4v) is 10.4. The minimum atomic E-state index is -0.324. The average Bonchev–Trinajstić information content (AvgIpc) is 3.74. The van der Waals surface area contributed by atoms with Crippen LogP contribution in [0.2, 0.25) is 0 Å². The third-order valence-corrected chi connectivity index (χ3v) is 12.5. The van der Waals surface area contributed by atoms with E-state index in [1.807, 2.05) is 0 Å². The van der Waals surface area contributed by atoms with Crippen molar-refractivity contribution in [2.45, 2.75) is 127 Å². The van der Waals surface area contributed by atoms with Gasteiger partial charge in [-0.15, -0.1) is 0 Å². The highest BCUT2D eigenvalue weighted by atomic mass is 16.7. The van der Waals surface area contributed by atoms with Crippen molar-refractivity contribution in [1.29, 1.82) is 0 Å². The summed E-state index contributed by atoms with van der Waals surface area (Å²) in [5, 5.41) is 15.3. The smallest absolute Gasteiger partial charge is 0.172 e. The molecule has 0 aromatic heterocycles. The molecule has 1 heterocycles. The lowest BCUT2D eigenvalue weighted by Gasteiger charge is -2.55. The standard InChI is InChI=1S/C36H53NO4/c1-2-27(37-28-7-3-4-8-28)22-25-6-5-9-29(23-25)39-19-18-35-16-14-31-30-15-17-36(40-20-21-41-36)24-26(30)10-11-32(31)33(35)12-13-34(35)38/h5-6,9-10,23,27-28,30-34,37-38H,2-4,7-8,11-22,24H2,1H3/t27?,30?,31?,32?,33?,34-,35+/m0/s1. The molecule has 1 aromatic carbocycles. The van der Waals surface area contributed by atoms with Crippen molar-refractivity contribution in [3.63, 3.8) is 0 Å².